The predicted molar refractivity (Wildman–Crippen MR) is 395 cm³/mol. The number of urea groups is 1. The molecule has 3 aromatic carbocycles. The summed E-state index contributed by atoms with van der Waals surface area (Å²) in [7, 11) is 12.6. The van der Waals surface area contributed by atoms with Crippen LogP contribution in [0, 0.1) is 0 Å². The number of pyridine rings is 5. The van der Waals surface area contributed by atoms with Crippen LogP contribution in [0.5, 0.6) is 34.5 Å². The first-order valence-electron chi connectivity index (χ1n) is 26.9. The fourth-order valence-electron chi connectivity index (χ4n) is 7.54. The molecule has 9 N–H and O–H groups in total. The number of amides is 2. The van der Waals surface area contributed by atoms with E-state index < -0.39 is 21.4 Å². The number of benzene rings is 3. The number of aldehydes is 1. The molecular weight excluding hydrogens is 1670 g/mol. The molecule has 0 radical (unpaired) electrons. The first-order chi connectivity index (χ1) is 47.4. The third-order valence-corrected chi connectivity index (χ3v) is 14.5. The van der Waals surface area contributed by atoms with Crippen molar-refractivity contribution >= 4 is 210 Å². The van der Waals surface area contributed by atoms with Gasteiger partial charge in [-0.25, -0.2) is 54.4 Å². The van der Waals surface area contributed by atoms with E-state index in [9.17, 15) is 9.59 Å². The van der Waals surface area contributed by atoms with E-state index in [1.165, 1.54) is 46.8 Å². The number of carbonyl (C=O) groups is 2. The molecule has 0 aliphatic heterocycles. The third-order valence-electron chi connectivity index (χ3n) is 11.9. The minimum atomic E-state index is -3.72. The van der Waals surface area contributed by atoms with Gasteiger partial charge in [0.2, 0.25) is 15.9 Å². The zero-order valence-electron chi connectivity index (χ0n) is 52.0. The van der Waals surface area contributed by atoms with Crippen LogP contribution < -0.4 is 56.8 Å². The number of primary amides is 2. The Morgan fingerprint density at radius 1 is 0.500 bits per heavy atom. The second-order valence-electron chi connectivity index (χ2n) is 18.5. The number of hydrogen-bond donors (Lipinski definition) is 6. The number of halogens is 10. The van der Waals surface area contributed by atoms with Gasteiger partial charge in [0, 0.05) is 147 Å². The average Bonchev–Trinajstić information content (AvgIpc) is 0.779. The number of nitrogens with two attached hydrogens (primary N) is 3. The molecule has 0 aliphatic carbocycles. The van der Waals surface area contributed by atoms with Crippen molar-refractivity contribution in [3.8, 4) is 56.8 Å². The van der Waals surface area contributed by atoms with Gasteiger partial charge < -0.3 is 55.7 Å². The predicted octanol–water partition coefficient (Wildman–Crippen LogP) is 11.9. The molecule has 29 nitrogen and oxygen atoms in total. The number of aromatic amines is 1. The molecule has 0 saturated heterocycles. The van der Waals surface area contributed by atoms with Crippen molar-refractivity contribution in [1.82, 2.24) is 64.8 Å². The van der Waals surface area contributed by atoms with Crippen LogP contribution in [-0.2, 0) is 8.26 Å². The number of aromatic nitrogens is 13. The van der Waals surface area contributed by atoms with E-state index >= 15 is 0 Å². The topological polar surface area (TPSA) is 430 Å². The second-order valence-corrected chi connectivity index (χ2v) is 26.7. The van der Waals surface area contributed by atoms with Crippen LogP contribution in [0.3, 0.4) is 0 Å². The summed E-state index contributed by atoms with van der Waals surface area (Å²) in [5, 5.41) is 22.3. The van der Waals surface area contributed by atoms with Gasteiger partial charge >= 0.3 is 27.1 Å². The lowest BCUT2D eigenvalue weighted by molar-refractivity contribution is 0.112. The first-order valence-corrected chi connectivity index (χ1v) is 34.3. The Balaban J connectivity index is 0.000000216. The Morgan fingerprint density at radius 2 is 0.880 bits per heavy atom. The van der Waals surface area contributed by atoms with E-state index in [0.29, 0.717) is 89.5 Å². The SMILES string of the molecule is COc1cc(OC)c(Cl)c(-c2cnc3nc(Cl)ncc3c2)c1Cl.COc1cc(OC)cc(-c2cnc3nc(Cl)ncc3c2)c1.COc1cc(OC)cc(B(O)O)c1.Clc1ncc2cc(Br)cnc2n1.NC(N)=O.Nc1ncc(Br)cc1C=O.O=S(=O)(Cl)Cl.O=c1ncc2cc(Br)cnc2[nH]1. The van der Waals surface area contributed by atoms with Gasteiger partial charge in [0.25, 0.3) is 0 Å². The molecule has 41 heteroatoms. The van der Waals surface area contributed by atoms with E-state index in [2.05, 4.69) is 145 Å². The van der Waals surface area contributed by atoms with Crippen molar-refractivity contribution in [2.75, 3.05) is 48.4 Å². The highest BCUT2D eigenvalue weighted by atomic mass is 79.9. The average molecular weight is 1720 g/mol. The molecule has 100 heavy (non-hydrogen) atoms. The molecule has 0 bridgehead atoms. The molecule has 12 aromatic rings. The maximum atomic E-state index is 10.7. The first kappa shape index (κ1) is 82.2. The minimum Gasteiger partial charge on any atom is -0.497 e. The molecule has 0 fully saturated rings. The number of ether oxygens (including phenoxy) is 6. The summed E-state index contributed by atoms with van der Waals surface area (Å²) in [5.41, 5.74) is 19.5. The maximum Gasteiger partial charge on any atom is 0.488 e. The standard InChI is InChI=1S/C15H10Cl3N3O2.C15H12ClN3O2.C8H11BO4.C7H3BrClN3.C7H4BrN3O.C6H5BrN2O.CH4N2O.Cl2O2S/c1-22-9-4-10(23-2)13(17)11(12(9)16)7-3-8-6-20-15(18)21-14(8)19-5-7;1-20-12-4-9(5-13(6-12)21-2)10-3-11-8-18-15(16)19-14(11)17-7-10;1-12-7-3-6(9(10)11)4-8(5-7)13-2;8-5-1-4-2-11-7(9)12-6(4)10-3-5;8-5-1-4-2-10-7(12)11-6(4)9-3-5;7-5-1-4(3-10)6(8)9-2-5;2-1(3)4;1-5(2,3)4/h3-6H,1-2H3;3-8H,1-2H3;3-5,10-11H,1-2H3;1-3H;1-3H,(H,9,10,11,12);1-3H,(H2,8,9);(H4,2,3,4);. The monoisotopic (exact) mass is 1710 g/mol. The van der Waals surface area contributed by atoms with Gasteiger partial charge in [-0.05, 0) is 148 Å². The van der Waals surface area contributed by atoms with E-state index in [0.717, 1.165) is 52.2 Å². The Labute approximate surface area is 626 Å². The highest BCUT2D eigenvalue weighted by molar-refractivity contribution is 9.11. The molecule has 2 amide bonds. The largest absolute Gasteiger partial charge is 0.497 e. The van der Waals surface area contributed by atoms with Gasteiger partial charge in [-0.1, -0.05) is 23.2 Å². The van der Waals surface area contributed by atoms with Crippen molar-refractivity contribution in [2.45, 2.75) is 0 Å². The summed E-state index contributed by atoms with van der Waals surface area (Å²) in [6.07, 6.45) is 15.2. The quantitative estimate of drug-likeness (QED) is 0.0320. The van der Waals surface area contributed by atoms with Crippen molar-refractivity contribution in [1.29, 1.82) is 0 Å². The van der Waals surface area contributed by atoms with Crippen LogP contribution in [0.25, 0.3) is 66.4 Å². The summed E-state index contributed by atoms with van der Waals surface area (Å²) in [6.45, 7) is 0. The summed E-state index contributed by atoms with van der Waals surface area (Å²) in [5.74, 6) is 3.67. The summed E-state index contributed by atoms with van der Waals surface area (Å²) in [6, 6.07) is 20.3. The van der Waals surface area contributed by atoms with Gasteiger partial charge in [-0.2, -0.15) is 23.4 Å². The lowest BCUT2D eigenvalue weighted by Crippen LogP contribution is -2.29. The normalized spacial score (nSPS) is 10.2. The van der Waals surface area contributed by atoms with Gasteiger partial charge in [0.1, 0.15) is 46.0 Å². The summed E-state index contributed by atoms with van der Waals surface area (Å²) >= 11 is 39.7. The molecule has 0 aliphatic rings. The Bertz CT molecular complexity index is 4900. The van der Waals surface area contributed by atoms with Crippen LogP contribution in [-0.4, -0.2) is 145 Å². The van der Waals surface area contributed by atoms with Crippen molar-refractivity contribution in [3.63, 3.8) is 0 Å². The Kier molecular flexibility index (Phi) is 32.9. The molecule has 522 valence electrons. The number of nitrogen functional groups attached to an aromatic ring is 1. The van der Waals surface area contributed by atoms with E-state index in [4.69, 9.17) is 115 Å². The maximum absolute atomic E-state index is 10.7. The lowest BCUT2D eigenvalue weighted by atomic mass is 9.80. The van der Waals surface area contributed by atoms with E-state index in [-0.39, 0.29) is 27.4 Å². The molecule has 0 spiro atoms. The minimum absolute atomic E-state index is 0.136. The van der Waals surface area contributed by atoms with Crippen LogP contribution in [0.15, 0.2) is 147 Å². The van der Waals surface area contributed by atoms with Gasteiger partial charge in [-0.3, -0.25) is 9.78 Å². The number of rotatable bonds is 10. The number of carbonyl (C=O) groups excluding carboxylic acids is 2. The summed E-state index contributed by atoms with van der Waals surface area (Å²) < 4.78 is 51.8. The number of H-pyrrole nitrogens is 1. The molecule has 0 saturated carbocycles. The van der Waals surface area contributed by atoms with Crippen LogP contribution in [0.2, 0.25) is 25.9 Å². The lowest BCUT2D eigenvalue weighted by Gasteiger charge is -2.14. The van der Waals surface area contributed by atoms with Crippen LogP contribution in [0.1, 0.15) is 10.4 Å². The summed E-state index contributed by atoms with van der Waals surface area (Å²) in [4.78, 5) is 80.3. The van der Waals surface area contributed by atoms with Crippen LogP contribution in [0.4, 0.5) is 10.6 Å². The van der Waals surface area contributed by atoms with Crippen molar-refractivity contribution in [2.24, 2.45) is 11.5 Å². The van der Waals surface area contributed by atoms with Gasteiger partial charge in [0.15, 0.2) is 23.2 Å². The molecule has 9 heterocycles. The highest BCUT2D eigenvalue weighted by Gasteiger charge is 2.20. The Morgan fingerprint density at radius 3 is 1.31 bits per heavy atom. The van der Waals surface area contributed by atoms with Crippen molar-refractivity contribution < 1.29 is 56.5 Å². The fourth-order valence-corrected chi connectivity index (χ4v) is 9.70. The van der Waals surface area contributed by atoms with Crippen molar-refractivity contribution in [3.05, 3.63) is 184 Å². The zero-order valence-corrected chi connectivity index (χ0v) is 62.8. The number of methoxy groups -OCH3 is 6. The number of hydrogen-bond acceptors (Lipinski definition) is 26. The third kappa shape index (κ3) is 26.6. The van der Waals surface area contributed by atoms with Crippen LogP contribution >= 0.6 is 127 Å². The van der Waals surface area contributed by atoms with Gasteiger partial charge in [0.05, 0.1) is 58.3 Å². The van der Waals surface area contributed by atoms with E-state index in [1.807, 2.05) is 42.5 Å². The smallest absolute Gasteiger partial charge is 0.488 e. The molecule has 0 unspecified atom stereocenters. The number of fused-ring (bicyclic) bond motifs is 4. The number of nitrogens with one attached hydrogen (secondary N) is 1. The fraction of sp³-hybridized carbons (Fsp3) is 0.102. The number of anilines is 1. The zero-order chi connectivity index (χ0) is 74.0. The second kappa shape index (κ2) is 40.1. The molecular formula is C59H49BBr3Cl7N16O13S. The highest BCUT2D eigenvalue weighted by Crippen LogP contribution is 2.46. The Hall–Kier alpha value is -8.49. The number of nitrogens with zero attached hydrogens (tertiary/aromatic N) is 12. The molecule has 9 aromatic heterocycles. The molecule has 0 atom stereocenters. The van der Waals surface area contributed by atoms with Gasteiger partial charge in [-0.15, -0.1) is 0 Å². The van der Waals surface area contributed by atoms with E-state index in [1.54, 1.807) is 82.0 Å². The molecule has 12 rings (SSSR count).